The molecule has 0 spiro atoms. The highest BCUT2D eigenvalue weighted by Gasteiger charge is 2.20. The highest BCUT2D eigenvalue weighted by atomic mass is 16.5. The zero-order valence-electron chi connectivity index (χ0n) is 10.6. The first kappa shape index (κ1) is 11.9. The summed E-state index contributed by atoms with van der Waals surface area (Å²) in [5.41, 5.74) is 1.22. The molecule has 4 nitrogen and oxygen atoms in total. The third kappa shape index (κ3) is 3.43. The average Bonchev–Trinajstić information content (AvgIpc) is 3.23. The molecule has 0 atom stereocenters. The lowest BCUT2D eigenvalue weighted by Gasteiger charge is -2.22. The summed E-state index contributed by atoms with van der Waals surface area (Å²) >= 11 is 0. The SMILES string of the molecule is c1cc(OC2CCOCC2)ncc1CNC1CC1. The van der Waals surface area contributed by atoms with Gasteiger partial charge in [0, 0.05) is 37.7 Å². The Labute approximate surface area is 108 Å². The molecule has 2 aliphatic rings. The van der Waals surface area contributed by atoms with Crippen LogP contribution in [0.15, 0.2) is 18.3 Å². The Balaban J connectivity index is 1.49. The van der Waals surface area contributed by atoms with E-state index in [1.54, 1.807) is 0 Å². The van der Waals surface area contributed by atoms with Gasteiger partial charge < -0.3 is 14.8 Å². The van der Waals surface area contributed by atoms with Crippen LogP contribution in [0.25, 0.3) is 0 Å². The molecule has 0 bridgehead atoms. The molecule has 1 aromatic rings. The maximum atomic E-state index is 5.84. The van der Waals surface area contributed by atoms with Crippen molar-refractivity contribution in [3.63, 3.8) is 0 Å². The molecule has 1 saturated carbocycles. The van der Waals surface area contributed by atoms with Crippen LogP contribution in [0.4, 0.5) is 0 Å². The molecule has 0 unspecified atom stereocenters. The molecule has 3 rings (SSSR count). The van der Waals surface area contributed by atoms with Gasteiger partial charge in [0.2, 0.25) is 5.88 Å². The molecule has 1 aliphatic carbocycles. The normalized spacial score (nSPS) is 20.9. The summed E-state index contributed by atoms with van der Waals surface area (Å²) in [6, 6.07) is 4.80. The summed E-state index contributed by atoms with van der Waals surface area (Å²) in [6.07, 6.45) is 6.74. The third-order valence-electron chi connectivity index (χ3n) is 3.43. The third-order valence-corrected chi connectivity index (χ3v) is 3.43. The van der Waals surface area contributed by atoms with Crippen LogP contribution in [0, 0.1) is 0 Å². The van der Waals surface area contributed by atoms with Crippen LogP contribution in [0.2, 0.25) is 0 Å². The van der Waals surface area contributed by atoms with Gasteiger partial charge >= 0.3 is 0 Å². The van der Waals surface area contributed by atoms with E-state index in [4.69, 9.17) is 9.47 Å². The lowest BCUT2D eigenvalue weighted by atomic mass is 10.1. The number of pyridine rings is 1. The van der Waals surface area contributed by atoms with Crippen molar-refractivity contribution >= 4 is 0 Å². The van der Waals surface area contributed by atoms with E-state index < -0.39 is 0 Å². The van der Waals surface area contributed by atoms with Crippen molar-refractivity contribution in [1.29, 1.82) is 0 Å². The van der Waals surface area contributed by atoms with Gasteiger partial charge in [-0.3, -0.25) is 0 Å². The Morgan fingerprint density at radius 2 is 2.06 bits per heavy atom. The lowest BCUT2D eigenvalue weighted by molar-refractivity contribution is 0.0237. The number of ether oxygens (including phenoxy) is 2. The Bertz CT molecular complexity index is 370. The second-order valence-corrected chi connectivity index (χ2v) is 5.09. The molecule has 1 N–H and O–H groups in total. The fourth-order valence-electron chi connectivity index (χ4n) is 2.10. The fourth-order valence-corrected chi connectivity index (χ4v) is 2.10. The Morgan fingerprint density at radius 3 is 2.72 bits per heavy atom. The standard InChI is InChI=1S/C14H20N2O2/c1-4-14(18-13-5-7-17-8-6-13)16-10-11(1)9-15-12-2-3-12/h1,4,10,12-13,15H,2-3,5-9H2. The van der Waals surface area contributed by atoms with Crippen molar-refractivity contribution in [2.75, 3.05) is 13.2 Å². The number of hydrogen-bond acceptors (Lipinski definition) is 4. The molecule has 2 fully saturated rings. The quantitative estimate of drug-likeness (QED) is 0.864. The van der Waals surface area contributed by atoms with Crippen LogP contribution < -0.4 is 10.1 Å². The van der Waals surface area contributed by atoms with Crippen LogP contribution in [-0.4, -0.2) is 30.3 Å². The smallest absolute Gasteiger partial charge is 0.213 e. The molecule has 4 heteroatoms. The van der Waals surface area contributed by atoms with E-state index in [2.05, 4.69) is 16.4 Å². The van der Waals surface area contributed by atoms with Crippen LogP contribution in [-0.2, 0) is 11.3 Å². The average molecular weight is 248 g/mol. The lowest BCUT2D eigenvalue weighted by Crippen LogP contribution is -2.26. The van der Waals surface area contributed by atoms with Gasteiger partial charge in [-0.15, -0.1) is 0 Å². The monoisotopic (exact) mass is 248 g/mol. The molecule has 1 aromatic heterocycles. The van der Waals surface area contributed by atoms with E-state index in [9.17, 15) is 0 Å². The summed E-state index contributed by atoms with van der Waals surface area (Å²) in [4.78, 5) is 4.37. The molecule has 18 heavy (non-hydrogen) atoms. The van der Waals surface area contributed by atoms with E-state index in [-0.39, 0.29) is 6.10 Å². The van der Waals surface area contributed by atoms with E-state index in [1.165, 1.54) is 18.4 Å². The molecule has 0 radical (unpaired) electrons. The van der Waals surface area contributed by atoms with Crippen molar-refractivity contribution < 1.29 is 9.47 Å². The van der Waals surface area contributed by atoms with Gasteiger partial charge in [0.15, 0.2) is 0 Å². The summed E-state index contributed by atoms with van der Waals surface area (Å²) in [5.74, 6) is 0.733. The predicted octanol–water partition coefficient (Wildman–Crippen LogP) is 1.89. The van der Waals surface area contributed by atoms with Gasteiger partial charge in [-0.1, -0.05) is 6.07 Å². The number of hydrogen-bond donors (Lipinski definition) is 1. The zero-order chi connectivity index (χ0) is 12.2. The Hall–Kier alpha value is -1.13. The van der Waals surface area contributed by atoms with Crippen LogP contribution in [0.5, 0.6) is 5.88 Å². The number of aromatic nitrogens is 1. The van der Waals surface area contributed by atoms with Gasteiger partial charge in [-0.25, -0.2) is 4.98 Å². The molecule has 0 aromatic carbocycles. The van der Waals surface area contributed by atoms with Crippen molar-refractivity contribution in [3.8, 4) is 5.88 Å². The minimum absolute atomic E-state index is 0.265. The minimum atomic E-state index is 0.265. The first-order valence-corrected chi connectivity index (χ1v) is 6.83. The minimum Gasteiger partial charge on any atom is -0.474 e. The van der Waals surface area contributed by atoms with Gasteiger partial charge in [-0.05, 0) is 18.4 Å². The summed E-state index contributed by atoms with van der Waals surface area (Å²) in [5, 5.41) is 3.48. The maximum absolute atomic E-state index is 5.84. The van der Waals surface area contributed by atoms with Gasteiger partial charge in [0.1, 0.15) is 6.10 Å². The highest BCUT2D eigenvalue weighted by molar-refractivity contribution is 5.18. The summed E-state index contributed by atoms with van der Waals surface area (Å²) < 4.78 is 11.1. The molecular formula is C14H20N2O2. The molecule has 0 amide bonds. The number of nitrogens with one attached hydrogen (secondary N) is 1. The van der Waals surface area contributed by atoms with Crippen molar-refractivity contribution in [1.82, 2.24) is 10.3 Å². The molecule has 2 heterocycles. The van der Waals surface area contributed by atoms with Crippen molar-refractivity contribution in [3.05, 3.63) is 23.9 Å². The van der Waals surface area contributed by atoms with Crippen LogP contribution in [0.3, 0.4) is 0 Å². The second-order valence-electron chi connectivity index (χ2n) is 5.09. The van der Waals surface area contributed by atoms with Crippen LogP contribution >= 0.6 is 0 Å². The molecule has 1 aliphatic heterocycles. The van der Waals surface area contributed by atoms with E-state index >= 15 is 0 Å². The Kier molecular flexibility index (Phi) is 3.76. The highest BCUT2D eigenvalue weighted by Crippen LogP contribution is 2.20. The fraction of sp³-hybridized carbons (Fsp3) is 0.643. The van der Waals surface area contributed by atoms with E-state index in [1.807, 2.05) is 12.3 Å². The first-order valence-electron chi connectivity index (χ1n) is 6.83. The maximum Gasteiger partial charge on any atom is 0.213 e. The molecule has 98 valence electrons. The first-order chi connectivity index (χ1) is 8.90. The summed E-state index contributed by atoms with van der Waals surface area (Å²) in [7, 11) is 0. The van der Waals surface area contributed by atoms with E-state index in [0.29, 0.717) is 0 Å². The Morgan fingerprint density at radius 1 is 1.22 bits per heavy atom. The van der Waals surface area contributed by atoms with Gasteiger partial charge in [-0.2, -0.15) is 0 Å². The predicted molar refractivity (Wildman–Crippen MR) is 68.6 cm³/mol. The van der Waals surface area contributed by atoms with Gasteiger partial charge in [0.05, 0.1) is 13.2 Å². The zero-order valence-corrected chi connectivity index (χ0v) is 10.6. The largest absolute Gasteiger partial charge is 0.474 e. The number of nitrogens with zero attached hydrogens (tertiary/aromatic N) is 1. The topological polar surface area (TPSA) is 43.4 Å². The van der Waals surface area contributed by atoms with E-state index in [0.717, 1.165) is 44.5 Å². The van der Waals surface area contributed by atoms with Gasteiger partial charge in [0.25, 0.3) is 0 Å². The van der Waals surface area contributed by atoms with Crippen molar-refractivity contribution in [2.45, 2.75) is 44.4 Å². The molecular weight excluding hydrogens is 228 g/mol. The van der Waals surface area contributed by atoms with Crippen molar-refractivity contribution in [2.24, 2.45) is 0 Å². The second kappa shape index (κ2) is 5.67. The number of rotatable bonds is 5. The molecule has 1 saturated heterocycles. The van der Waals surface area contributed by atoms with Crippen LogP contribution in [0.1, 0.15) is 31.2 Å². The summed E-state index contributed by atoms with van der Waals surface area (Å²) in [6.45, 7) is 2.51.